The lowest BCUT2D eigenvalue weighted by atomic mass is 9.86. The Kier molecular flexibility index (Phi) is 45.0. The van der Waals surface area contributed by atoms with Gasteiger partial charge in [0.25, 0.3) is 0 Å². The highest BCUT2D eigenvalue weighted by Gasteiger charge is 2.29. The summed E-state index contributed by atoms with van der Waals surface area (Å²) in [6.07, 6.45) is 13.6. The van der Waals surface area contributed by atoms with E-state index in [9.17, 15) is 33.6 Å². The van der Waals surface area contributed by atoms with Crippen LogP contribution in [0.3, 0.4) is 0 Å². The van der Waals surface area contributed by atoms with Crippen molar-refractivity contribution in [3.63, 3.8) is 0 Å². The highest BCUT2D eigenvalue weighted by atomic mass is 16.5. The molecular formula is C55H113N15O9. The number of carbonyl (C=O) groups excluding carboxylic acids is 7. The number of hydrogen-bond acceptors (Lipinski definition) is 17. The van der Waals surface area contributed by atoms with Crippen LogP contribution in [0.5, 0.6) is 0 Å². The summed E-state index contributed by atoms with van der Waals surface area (Å²) in [6.45, 7) is 12.8. The number of rotatable bonds is 52. The minimum atomic E-state index is -1.06. The van der Waals surface area contributed by atoms with Crippen LogP contribution in [-0.4, -0.2) is 162 Å². The Labute approximate surface area is 473 Å². The summed E-state index contributed by atoms with van der Waals surface area (Å²) in [5.41, 5.74) is 47.0. The predicted octanol–water partition coefficient (Wildman–Crippen LogP) is -0.120. The molecule has 0 rings (SSSR count). The van der Waals surface area contributed by atoms with Crippen molar-refractivity contribution in [3.8, 4) is 0 Å². The van der Waals surface area contributed by atoms with Crippen molar-refractivity contribution in [1.29, 1.82) is 0 Å². The number of hydrogen-bond donors (Lipinski definition) is 15. The molecule has 79 heavy (non-hydrogen) atoms. The third-order valence-corrected chi connectivity index (χ3v) is 14.4. The van der Waals surface area contributed by atoms with Crippen LogP contribution in [0.1, 0.15) is 182 Å². The van der Waals surface area contributed by atoms with Crippen molar-refractivity contribution < 1.29 is 43.0 Å². The molecule has 0 saturated heterocycles. The van der Waals surface area contributed by atoms with Gasteiger partial charge in [0.1, 0.15) is 18.1 Å². The lowest BCUT2D eigenvalue weighted by Gasteiger charge is -2.28. The van der Waals surface area contributed by atoms with E-state index in [2.05, 4.69) is 58.0 Å². The van der Waals surface area contributed by atoms with Gasteiger partial charge in [0.2, 0.25) is 41.4 Å². The van der Waals surface area contributed by atoms with E-state index >= 15 is 0 Å². The smallest absolute Gasteiger partial charge is 0.243 e. The van der Waals surface area contributed by atoms with Crippen molar-refractivity contribution >= 4 is 41.4 Å². The molecule has 8 atom stereocenters. The summed E-state index contributed by atoms with van der Waals surface area (Å²) in [5, 5.41) is 20.0. The van der Waals surface area contributed by atoms with Crippen molar-refractivity contribution in [3.05, 3.63) is 0 Å². The predicted molar refractivity (Wildman–Crippen MR) is 312 cm³/mol. The Balaban J connectivity index is 6.07. The van der Waals surface area contributed by atoms with Crippen molar-refractivity contribution in [2.45, 2.75) is 230 Å². The fourth-order valence-electron chi connectivity index (χ4n) is 8.24. The van der Waals surface area contributed by atoms with Gasteiger partial charge in [-0.05, 0) is 167 Å². The zero-order chi connectivity index (χ0) is 59.3. The summed E-state index contributed by atoms with van der Waals surface area (Å²) in [4.78, 5) is 93.3. The molecule has 8 unspecified atom stereocenters. The number of amides is 7. The highest BCUT2D eigenvalue weighted by molar-refractivity contribution is 5.93. The topological polar surface area (TPSA) is 430 Å². The second kappa shape index (κ2) is 47.5. The van der Waals surface area contributed by atoms with Gasteiger partial charge < -0.3 is 92.6 Å². The van der Waals surface area contributed by atoms with E-state index in [0.29, 0.717) is 149 Å². The third kappa shape index (κ3) is 37.5. The van der Waals surface area contributed by atoms with Gasteiger partial charge in [-0.15, -0.1) is 0 Å². The molecule has 0 spiro atoms. The van der Waals surface area contributed by atoms with E-state index in [-0.39, 0.29) is 62.3 Å². The van der Waals surface area contributed by atoms with Gasteiger partial charge in [-0.25, -0.2) is 0 Å². The number of unbranched alkanes of at least 4 members (excludes halogenated alkanes) is 7. The van der Waals surface area contributed by atoms with Gasteiger partial charge in [0, 0.05) is 32.8 Å². The number of ether oxygens (including phenoxy) is 2. The van der Waals surface area contributed by atoms with Crippen molar-refractivity contribution in [2.24, 2.45) is 51.3 Å². The SMILES string of the molecule is CCC(C)(CC)COC(C)CCOCCNC(=O)C(CCCCNC(=O)C(CCCCNC(=O)C(N)CCCCN)NC(=O)C(N)CCCCN)NC(=O)C(CCCCNC(=O)C(N)CCCCN)NC(=O)C(N)CCCCN. The summed E-state index contributed by atoms with van der Waals surface area (Å²) >= 11 is 0. The van der Waals surface area contributed by atoms with E-state index < -0.39 is 71.8 Å². The quantitative estimate of drug-likeness (QED) is 0.0353. The molecule has 24 nitrogen and oxygen atoms in total. The Morgan fingerprint density at radius 1 is 0.392 bits per heavy atom. The molecule has 23 N–H and O–H groups in total. The number of carbonyl (C=O) groups is 7. The molecule has 0 radical (unpaired) electrons. The van der Waals surface area contributed by atoms with Crippen LogP contribution in [0.25, 0.3) is 0 Å². The van der Waals surface area contributed by atoms with Crippen LogP contribution in [0.2, 0.25) is 0 Å². The molecule has 0 bridgehead atoms. The van der Waals surface area contributed by atoms with Crippen LogP contribution >= 0.6 is 0 Å². The minimum absolute atomic E-state index is 0.00816. The average molecular weight is 1130 g/mol. The van der Waals surface area contributed by atoms with E-state index in [1.54, 1.807) is 0 Å². The normalized spacial score (nSPS) is 14.6. The fraction of sp³-hybridized carbons (Fsp3) is 0.873. The van der Waals surface area contributed by atoms with Crippen molar-refractivity contribution in [2.75, 3.05) is 72.2 Å². The molecule has 0 aromatic heterocycles. The summed E-state index contributed by atoms with van der Waals surface area (Å²) < 4.78 is 11.9. The van der Waals surface area contributed by atoms with Gasteiger partial charge in [-0.1, -0.05) is 46.5 Å². The second-order valence-corrected chi connectivity index (χ2v) is 21.4. The van der Waals surface area contributed by atoms with Gasteiger partial charge in [-0.2, -0.15) is 0 Å². The Hall–Kier alpha value is -4.11. The Morgan fingerprint density at radius 2 is 0.709 bits per heavy atom. The highest BCUT2D eigenvalue weighted by Crippen LogP contribution is 2.26. The van der Waals surface area contributed by atoms with E-state index in [1.165, 1.54) is 0 Å². The molecule has 24 heteroatoms. The third-order valence-electron chi connectivity index (χ3n) is 14.4. The van der Waals surface area contributed by atoms with Gasteiger partial charge >= 0.3 is 0 Å². The average Bonchev–Trinajstić information content (AvgIpc) is 3.43. The van der Waals surface area contributed by atoms with E-state index in [0.717, 1.165) is 38.5 Å². The standard InChI is InChI=1S/C55H113N15O9/c1-5-55(4,6-2)39-79-40(3)28-37-78-38-36-67-53(76)46(70-54(77)47(69-51(74)44(63)24-10-17-32-59)27-13-19-34-65-49(72)42(61)22-8-15-30-57)26-12-20-35-66-52(75)45(68-50(73)43(62)23-9-16-31-58)25-11-18-33-64-48(71)41(60)21-7-14-29-56/h40-47H,5-39,56-63H2,1-4H3,(H,64,71)(H,65,72)(H,66,75)(H,67,76)(H,68,73)(H,69,74)(H,70,77). The van der Waals surface area contributed by atoms with Gasteiger partial charge in [0.15, 0.2) is 0 Å². The van der Waals surface area contributed by atoms with Crippen LogP contribution in [0.15, 0.2) is 0 Å². The molecule has 0 fully saturated rings. The van der Waals surface area contributed by atoms with E-state index in [1.807, 2.05) is 6.92 Å². The van der Waals surface area contributed by atoms with Crippen LogP contribution in [-0.2, 0) is 43.0 Å². The van der Waals surface area contributed by atoms with Crippen LogP contribution in [0, 0.1) is 5.41 Å². The monoisotopic (exact) mass is 1130 g/mol. The van der Waals surface area contributed by atoms with Gasteiger partial charge in [0.05, 0.1) is 43.5 Å². The molecule has 0 heterocycles. The second-order valence-electron chi connectivity index (χ2n) is 21.4. The molecule has 0 aliphatic rings. The van der Waals surface area contributed by atoms with Crippen LogP contribution < -0.4 is 83.1 Å². The first-order chi connectivity index (χ1) is 37.8. The number of nitrogens with two attached hydrogens (primary N) is 8. The molecular weight excluding hydrogens is 1010 g/mol. The minimum Gasteiger partial charge on any atom is -0.380 e. The molecule has 0 aliphatic heterocycles. The summed E-state index contributed by atoms with van der Waals surface area (Å²) in [7, 11) is 0. The first-order valence-corrected chi connectivity index (χ1v) is 29.9. The fourth-order valence-corrected chi connectivity index (χ4v) is 8.24. The van der Waals surface area contributed by atoms with Crippen LogP contribution in [0.4, 0.5) is 0 Å². The first kappa shape index (κ1) is 74.9. The lowest BCUT2D eigenvalue weighted by Crippen LogP contribution is -2.56. The molecule has 0 aromatic rings. The maximum atomic E-state index is 14.2. The maximum absolute atomic E-state index is 14.2. The molecule has 7 amide bonds. The first-order valence-electron chi connectivity index (χ1n) is 29.9. The lowest BCUT2D eigenvalue weighted by molar-refractivity contribution is -0.132. The Bertz CT molecular complexity index is 1650. The summed E-state index contributed by atoms with van der Waals surface area (Å²) in [6, 6.07) is -6.02. The van der Waals surface area contributed by atoms with Gasteiger partial charge in [-0.3, -0.25) is 33.6 Å². The summed E-state index contributed by atoms with van der Waals surface area (Å²) in [5.74, 6) is -2.97. The van der Waals surface area contributed by atoms with E-state index in [4.69, 9.17) is 55.3 Å². The molecule has 0 saturated carbocycles. The zero-order valence-electron chi connectivity index (χ0n) is 49.2. The zero-order valence-corrected chi connectivity index (χ0v) is 49.2. The molecule has 0 aromatic carbocycles. The number of nitrogens with one attached hydrogen (secondary N) is 7. The largest absolute Gasteiger partial charge is 0.380 e. The molecule has 462 valence electrons. The maximum Gasteiger partial charge on any atom is 0.243 e. The Morgan fingerprint density at radius 3 is 1.08 bits per heavy atom. The molecule has 0 aliphatic carbocycles. The van der Waals surface area contributed by atoms with Crippen molar-refractivity contribution in [1.82, 2.24) is 37.2 Å².